The Morgan fingerprint density at radius 2 is 1.55 bits per heavy atom. The van der Waals surface area contributed by atoms with Gasteiger partial charge in [-0.2, -0.15) is 0 Å². The van der Waals surface area contributed by atoms with Crippen molar-refractivity contribution in [1.82, 2.24) is 4.98 Å². The first-order chi connectivity index (χ1) is 16.1. The summed E-state index contributed by atoms with van der Waals surface area (Å²) in [5.74, 6) is 1.51. The standard InChI is InChI=1S/C26H24N2O4S/c1-30-20-12-8-7-11-19(20)24-23(15-17-9-5-4-6-10-17)33-26(27-24)28-25(29)18-13-14-21(31-2)22(16-18)32-3/h4-14,16H,15H2,1-3H3,(H,27,28,29). The van der Waals surface area contributed by atoms with Crippen LogP contribution in [0.5, 0.6) is 17.2 Å². The zero-order valence-electron chi connectivity index (χ0n) is 18.6. The molecule has 1 N–H and O–H groups in total. The van der Waals surface area contributed by atoms with Crippen LogP contribution < -0.4 is 19.5 Å². The van der Waals surface area contributed by atoms with Gasteiger partial charge in [-0.15, -0.1) is 11.3 Å². The molecule has 0 radical (unpaired) electrons. The van der Waals surface area contributed by atoms with Crippen LogP contribution in [0, 0.1) is 0 Å². The lowest BCUT2D eigenvalue weighted by atomic mass is 10.1. The summed E-state index contributed by atoms with van der Waals surface area (Å²) in [7, 11) is 4.73. The van der Waals surface area contributed by atoms with E-state index >= 15 is 0 Å². The van der Waals surface area contributed by atoms with Gasteiger partial charge in [-0.05, 0) is 35.9 Å². The molecule has 0 spiro atoms. The van der Waals surface area contributed by atoms with E-state index in [0.717, 1.165) is 27.4 Å². The van der Waals surface area contributed by atoms with Gasteiger partial charge in [-0.25, -0.2) is 4.98 Å². The van der Waals surface area contributed by atoms with Crippen molar-refractivity contribution in [2.24, 2.45) is 0 Å². The first-order valence-corrected chi connectivity index (χ1v) is 11.1. The number of benzene rings is 3. The van der Waals surface area contributed by atoms with Crippen molar-refractivity contribution in [3.63, 3.8) is 0 Å². The molecule has 7 heteroatoms. The number of thiazole rings is 1. The Kier molecular flexibility index (Phi) is 6.90. The van der Waals surface area contributed by atoms with E-state index in [1.54, 1.807) is 32.4 Å². The van der Waals surface area contributed by atoms with Crippen LogP contribution >= 0.6 is 11.3 Å². The Morgan fingerprint density at radius 1 is 0.848 bits per heavy atom. The number of anilines is 1. The van der Waals surface area contributed by atoms with Crippen LogP contribution in [-0.2, 0) is 6.42 Å². The number of aromatic nitrogens is 1. The lowest BCUT2D eigenvalue weighted by molar-refractivity contribution is 0.102. The lowest BCUT2D eigenvalue weighted by Crippen LogP contribution is -2.12. The molecule has 4 rings (SSSR count). The average molecular weight is 461 g/mol. The summed E-state index contributed by atoms with van der Waals surface area (Å²) in [6, 6.07) is 23.0. The maximum Gasteiger partial charge on any atom is 0.257 e. The third-order valence-corrected chi connectivity index (χ3v) is 6.10. The second-order valence-corrected chi connectivity index (χ2v) is 8.26. The van der Waals surface area contributed by atoms with Crippen molar-refractivity contribution in [1.29, 1.82) is 0 Å². The normalized spacial score (nSPS) is 10.5. The summed E-state index contributed by atoms with van der Waals surface area (Å²) >= 11 is 1.45. The monoisotopic (exact) mass is 460 g/mol. The minimum absolute atomic E-state index is 0.275. The van der Waals surface area contributed by atoms with Crippen LogP contribution in [-0.4, -0.2) is 32.2 Å². The number of ether oxygens (including phenoxy) is 3. The summed E-state index contributed by atoms with van der Waals surface area (Å²) in [5, 5.41) is 3.45. The van der Waals surface area contributed by atoms with E-state index in [4.69, 9.17) is 19.2 Å². The SMILES string of the molecule is COc1ccc(C(=O)Nc2nc(-c3ccccc3OC)c(Cc3ccccc3)s2)cc1OC. The summed E-state index contributed by atoms with van der Waals surface area (Å²) < 4.78 is 16.1. The first kappa shape index (κ1) is 22.4. The number of rotatable bonds is 8. The van der Waals surface area contributed by atoms with E-state index < -0.39 is 0 Å². The number of methoxy groups -OCH3 is 3. The molecule has 0 atom stereocenters. The first-order valence-electron chi connectivity index (χ1n) is 10.3. The van der Waals surface area contributed by atoms with Crippen LogP contribution in [0.15, 0.2) is 72.8 Å². The third-order valence-electron chi connectivity index (χ3n) is 5.13. The van der Waals surface area contributed by atoms with Gasteiger partial charge in [-0.3, -0.25) is 10.1 Å². The highest BCUT2D eigenvalue weighted by Gasteiger charge is 2.19. The van der Waals surface area contributed by atoms with Gasteiger partial charge < -0.3 is 14.2 Å². The predicted octanol–water partition coefficient (Wildman–Crippen LogP) is 5.68. The number of nitrogens with one attached hydrogen (secondary N) is 1. The van der Waals surface area contributed by atoms with Crippen molar-refractivity contribution in [3.05, 3.63) is 88.8 Å². The quantitative estimate of drug-likeness (QED) is 0.366. The zero-order chi connectivity index (χ0) is 23.2. The van der Waals surface area contributed by atoms with Crippen LogP contribution in [0.25, 0.3) is 11.3 Å². The summed E-state index contributed by atoms with van der Waals surface area (Å²) in [5.41, 5.74) is 3.29. The van der Waals surface area contributed by atoms with Gasteiger partial charge in [0.2, 0.25) is 0 Å². The highest BCUT2D eigenvalue weighted by atomic mass is 32.1. The fourth-order valence-electron chi connectivity index (χ4n) is 3.50. The van der Waals surface area contributed by atoms with Gasteiger partial charge in [0.15, 0.2) is 16.6 Å². The minimum Gasteiger partial charge on any atom is -0.496 e. The molecule has 0 bridgehead atoms. The van der Waals surface area contributed by atoms with Gasteiger partial charge in [0.25, 0.3) is 5.91 Å². The van der Waals surface area contributed by atoms with Crippen molar-refractivity contribution >= 4 is 22.4 Å². The average Bonchev–Trinajstić information content (AvgIpc) is 3.25. The van der Waals surface area contributed by atoms with E-state index in [1.165, 1.54) is 18.4 Å². The Morgan fingerprint density at radius 3 is 2.27 bits per heavy atom. The summed E-state index contributed by atoms with van der Waals surface area (Å²) in [6.45, 7) is 0. The maximum atomic E-state index is 13.0. The minimum atomic E-state index is -0.275. The van der Waals surface area contributed by atoms with E-state index in [0.29, 0.717) is 28.6 Å². The van der Waals surface area contributed by atoms with Gasteiger partial charge >= 0.3 is 0 Å². The van der Waals surface area contributed by atoms with Crippen molar-refractivity contribution < 1.29 is 19.0 Å². The molecule has 0 saturated carbocycles. The Labute approximate surface area is 196 Å². The van der Waals surface area contributed by atoms with E-state index in [-0.39, 0.29) is 5.91 Å². The highest BCUT2D eigenvalue weighted by molar-refractivity contribution is 7.16. The van der Waals surface area contributed by atoms with Gasteiger partial charge in [-0.1, -0.05) is 42.5 Å². The highest BCUT2D eigenvalue weighted by Crippen LogP contribution is 2.37. The Bertz CT molecular complexity index is 1250. The molecule has 0 aliphatic heterocycles. The molecule has 33 heavy (non-hydrogen) atoms. The molecule has 4 aromatic rings. The smallest absolute Gasteiger partial charge is 0.257 e. The van der Waals surface area contributed by atoms with Crippen LogP contribution in [0.4, 0.5) is 5.13 Å². The number of carbonyl (C=O) groups is 1. The fraction of sp³-hybridized carbons (Fsp3) is 0.154. The number of carbonyl (C=O) groups excluding carboxylic acids is 1. The number of hydrogen-bond donors (Lipinski definition) is 1. The van der Waals surface area contributed by atoms with Crippen LogP contribution in [0.1, 0.15) is 20.8 Å². The molecule has 0 aliphatic rings. The number of para-hydroxylation sites is 1. The molecule has 0 unspecified atom stereocenters. The molecule has 1 aromatic heterocycles. The molecule has 3 aromatic carbocycles. The summed E-state index contributed by atoms with van der Waals surface area (Å²) in [6.07, 6.45) is 0.693. The van der Waals surface area contributed by atoms with Crippen molar-refractivity contribution in [2.45, 2.75) is 6.42 Å². The topological polar surface area (TPSA) is 69.7 Å². The summed E-state index contributed by atoms with van der Waals surface area (Å²) in [4.78, 5) is 18.8. The van der Waals surface area contributed by atoms with E-state index in [9.17, 15) is 4.79 Å². The molecule has 0 fully saturated rings. The molecular formula is C26H24N2O4S. The predicted molar refractivity (Wildman–Crippen MR) is 131 cm³/mol. The number of nitrogens with zero attached hydrogens (tertiary/aromatic N) is 1. The maximum absolute atomic E-state index is 13.0. The van der Waals surface area contributed by atoms with Crippen LogP contribution in [0.3, 0.4) is 0 Å². The molecule has 1 amide bonds. The number of amides is 1. The van der Waals surface area contributed by atoms with Gasteiger partial charge in [0.1, 0.15) is 5.75 Å². The molecule has 0 aliphatic carbocycles. The second-order valence-electron chi connectivity index (χ2n) is 7.18. The second kappa shape index (κ2) is 10.2. The van der Waals surface area contributed by atoms with E-state index in [2.05, 4.69) is 17.4 Å². The zero-order valence-corrected chi connectivity index (χ0v) is 19.4. The molecule has 0 saturated heterocycles. The van der Waals surface area contributed by atoms with Gasteiger partial charge in [0, 0.05) is 22.4 Å². The number of hydrogen-bond acceptors (Lipinski definition) is 6. The van der Waals surface area contributed by atoms with Gasteiger partial charge in [0.05, 0.1) is 27.0 Å². The largest absolute Gasteiger partial charge is 0.496 e. The molecule has 6 nitrogen and oxygen atoms in total. The van der Waals surface area contributed by atoms with Crippen LogP contribution in [0.2, 0.25) is 0 Å². The molecule has 1 heterocycles. The van der Waals surface area contributed by atoms with E-state index in [1.807, 2.05) is 42.5 Å². The fourth-order valence-corrected chi connectivity index (χ4v) is 4.51. The molecule has 168 valence electrons. The van der Waals surface area contributed by atoms with Crippen molar-refractivity contribution in [2.75, 3.05) is 26.6 Å². The lowest BCUT2D eigenvalue weighted by Gasteiger charge is -2.09. The molecular weight excluding hydrogens is 436 g/mol. The van der Waals surface area contributed by atoms with Crippen molar-refractivity contribution in [3.8, 4) is 28.5 Å². The Hall–Kier alpha value is -3.84. The third kappa shape index (κ3) is 4.99. The Balaban J connectivity index is 1.68.